The summed E-state index contributed by atoms with van der Waals surface area (Å²) in [4.78, 5) is 0. The Morgan fingerprint density at radius 2 is 1.00 bits per heavy atom. The van der Waals surface area contributed by atoms with Crippen LogP contribution < -0.4 is 9.47 Å². The van der Waals surface area contributed by atoms with E-state index in [1.165, 1.54) is 0 Å². The molecule has 0 aliphatic rings. The number of para-hydroxylation sites is 2. The zero-order valence-electron chi connectivity index (χ0n) is 13.1. The number of nitrogens with zero attached hydrogens (tertiary/aromatic N) is 6. The molecule has 0 fully saturated rings. The van der Waals surface area contributed by atoms with Gasteiger partial charge < -0.3 is 9.47 Å². The predicted molar refractivity (Wildman–Crippen MR) is 85.8 cm³/mol. The maximum absolute atomic E-state index is 5.53. The Labute approximate surface area is 146 Å². The molecule has 0 unspecified atom stereocenters. The lowest BCUT2D eigenvalue weighted by molar-refractivity contribution is 0.290. The molecule has 0 bridgehead atoms. The molecule has 2 heterocycles. The van der Waals surface area contributed by atoms with E-state index in [9.17, 15) is 0 Å². The van der Waals surface area contributed by atoms with Crippen LogP contribution in [-0.2, 0) is 0 Å². The normalized spacial score (nSPS) is 10.9. The maximum atomic E-state index is 5.53. The Hall–Kier alpha value is -4.08. The second-order valence-corrected chi connectivity index (χ2v) is 4.82. The number of hydrogen-bond acceptors (Lipinski definition) is 10. The van der Waals surface area contributed by atoms with E-state index in [1.807, 2.05) is 36.4 Å². The van der Waals surface area contributed by atoms with Gasteiger partial charge in [-0.2, -0.15) is 0 Å². The van der Waals surface area contributed by atoms with Gasteiger partial charge in [-0.1, -0.05) is 36.4 Å². The van der Waals surface area contributed by atoms with Crippen LogP contribution in [0.15, 0.2) is 80.2 Å². The van der Waals surface area contributed by atoms with Gasteiger partial charge in [0.2, 0.25) is 0 Å². The van der Waals surface area contributed by atoms with Crippen molar-refractivity contribution >= 4 is 11.6 Å². The molecule has 26 heavy (non-hydrogen) atoms. The number of aromatic nitrogens is 4. The standard InChI is InChI=1S/C16H10N6O4/c1-3-7-11(8-4-1)23-15-13(19-25-21-15)17-18-14-16(22-26-20-14)24-12-9-5-2-6-10-12/h1-10H. The summed E-state index contributed by atoms with van der Waals surface area (Å²) >= 11 is 0. The molecule has 0 N–H and O–H groups in total. The highest BCUT2D eigenvalue weighted by Crippen LogP contribution is 2.32. The van der Waals surface area contributed by atoms with Crippen molar-refractivity contribution in [3.63, 3.8) is 0 Å². The number of hydrogen-bond donors (Lipinski definition) is 0. The predicted octanol–water partition coefficient (Wildman–Crippen LogP) is 4.45. The van der Waals surface area contributed by atoms with Crippen molar-refractivity contribution in [2.45, 2.75) is 0 Å². The van der Waals surface area contributed by atoms with Crippen molar-refractivity contribution < 1.29 is 18.7 Å². The van der Waals surface area contributed by atoms with Crippen molar-refractivity contribution in [1.29, 1.82) is 0 Å². The largest absolute Gasteiger partial charge is 0.434 e. The molecule has 0 aliphatic heterocycles. The number of ether oxygens (including phenoxy) is 2. The molecule has 0 amide bonds. The minimum absolute atomic E-state index is 0.0301. The van der Waals surface area contributed by atoms with Crippen LogP contribution in [0.25, 0.3) is 0 Å². The molecule has 128 valence electrons. The molecule has 4 aromatic rings. The van der Waals surface area contributed by atoms with Crippen LogP contribution in [-0.4, -0.2) is 20.6 Å². The van der Waals surface area contributed by atoms with Crippen molar-refractivity contribution in [2.24, 2.45) is 10.2 Å². The molecule has 0 aliphatic carbocycles. The van der Waals surface area contributed by atoms with Crippen molar-refractivity contribution in [2.75, 3.05) is 0 Å². The van der Waals surface area contributed by atoms with Crippen LogP contribution >= 0.6 is 0 Å². The molecule has 4 rings (SSSR count). The summed E-state index contributed by atoms with van der Waals surface area (Å²) < 4.78 is 20.4. The van der Waals surface area contributed by atoms with Gasteiger partial charge >= 0.3 is 11.8 Å². The molecule has 10 heteroatoms. The Kier molecular flexibility index (Phi) is 4.29. The summed E-state index contributed by atoms with van der Waals surface area (Å²) in [6, 6.07) is 18.0. The van der Waals surface area contributed by atoms with Crippen molar-refractivity contribution in [3.05, 3.63) is 60.7 Å². The highest BCUT2D eigenvalue weighted by Gasteiger charge is 2.15. The first-order valence-electron chi connectivity index (χ1n) is 7.41. The molecule has 10 nitrogen and oxygen atoms in total. The highest BCUT2D eigenvalue weighted by molar-refractivity contribution is 5.43. The molecular weight excluding hydrogens is 340 g/mol. The lowest BCUT2D eigenvalue weighted by Gasteiger charge is -2.00. The Balaban J connectivity index is 1.51. The van der Waals surface area contributed by atoms with Gasteiger partial charge in [0.15, 0.2) is 0 Å². The van der Waals surface area contributed by atoms with Crippen LogP contribution in [0.2, 0.25) is 0 Å². The molecule has 2 aromatic heterocycles. The number of rotatable bonds is 6. The van der Waals surface area contributed by atoms with Gasteiger partial charge in [0.25, 0.3) is 11.6 Å². The lowest BCUT2D eigenvalue weighted by Crippen LogP contribution is -1.84. The zero-order valence-corrected chi connectivity index (χ0v) is 13.1. The van der Waals surface area contributed by atoms with E-state index in [4.69, 9.17) is 9.47 Å². The highest BCUT2D eigenvalue weighted by atomic mass is 16.6. The number of benzene rings is 2. The van der Waals surface area contributed by atoms with Gasteiger partial charge in [0.1, 0.15) is 11.5 Å². The molecular formula is C16H10N6O4. The van der Waals surface area contributed by atoms with E-state index in [1.54, 1.807) is 24.3 Å². The first-order valence-corrected chi connectivity index (χ1v) is 7.41. The van der Waals surface area contributed by atoms with Crippen LogP contribution in [0, 0.1) is 0 Å². The van der Waals surface area contributed by atoms with E-state index in [-0.39, 0.29) is 23.4 Å². The van der Waals surface area contributed by atoms with Gasteiger partial charge in [-0.25, -0.2) is 9.26 Å². The molecule has 0 spiro atoms. The fraction of sp³-hybridized carbons (Fsp3) is 0. The second-order valence-electron chi connectivity index (χ2n) is 4.82. The summed E-state index contributed by atoms with van der Waals surface area (Å²) in [7, 11) is 0. The maximum Gasteiger partial charge on any atom is 0.310 e. The van der Waals surface area contributed by atoms with Gasteiger partial charge in [-0.15, -0.1) is 10.2 Å². The molecule has 0 atom stereocenters. The van der Waals surface area contributed by atoms with Crippen molar-refractivity contribution in [3.8, 4) is 23.3 Å². The van der Waals surface area contributed by atoms with Crippen molar-refractivity contribution in [1.82, 2.24) is 20.6 Å². The number of azo groups is 1. The topological polar surface area (TPSA) is 121 Å². The van der Waals surface area contributed by atoms with Crippen LogP contribution in [0.5, 0.6) is 23.3 Å². The Bertz CT molecular complexity index is 918. The average Bonchev–Trinajstić information content (AvgIpc) is 3.31. The van der Waals surface area contributed by atoms with E-state index < -0.39 is 0 Å². The van der Waals surface area contributed by atoms with Gasteiger partial charge in [0.05, 0.1) is 0 Å². The minimum Gasteiger partial charge on any atom is -0.434 e. The Morgan fingerprint density at radius 1 is 0.577 bits per heavy atom. The molecule has 0 saturated heterocycles. The first kappa shape index (κ1) is 15.4. The Morgan fingerprint density at radius 3 is 1.42 bits per heavy atom. The summed E-state index contributed by atoms with van der Waals surface area (Å²) in [6.07, 6.45) is 0. The zero-order chi connectivity index (χ0) is 17.6. The third-order valence-electron chi connectivity index (χ3n) is 3.04. The molecule has 0 radical (unpaired) electrons. The van der Waals surface area contributed by atoms with E-state index in [2.05, 4.69) is 40.1 Å². The first-order chi connectivity index (χ1) is 12.9. The van der Waals surface area contributed by atoms with E-state index in [0.717, 1.165) is 0 Å². The van der Waals surface area contributed by atoms with Crippen LogP contribution in [0.4, 0.5) is 11.6 Å². The van der Waals surface area contributed by atoms with Gasteiger partial charge in [0, 0.05) is 0 Å². The fourth-order valence-electron chi connectivity index (χ4n) is 1.90. The molecule has 0 saturated carbocycles. The van der Waals surface area contributed by atoms with E-state index in [0.29, 0.717) is 11.5 Å². The van der Waals surface area contributed by atoms with E-state index >= 15 is 0 Å². The summed E-state index contributed by atoms with van der Waals surface area (Å²) in [5.41, 5.74) is 0. The summed E-state index contributed by atoms with van der Waals surface area (Å²) in [5.74, 6) is 1.28. The van der Waals surface area contributed by atoms with Crippen LogP contribution in [0.1, 0.15) is 0 Å². The van der Waals surface area contributed by atoms with Gasteiger partial charge in [-0.3, -0.25) is 0 Å². The molecule has 2 aromatic carbocycles. The lowest BCUT2D eigenvalue weighted by atomic mass is 10.3. The third-order valence-corrected chi connectivity index (χ3v) is 3.04. The summed E-state index contributed by atoms with van der Waals surface area (Å²) in [5, 5.41) is 22.4. The quantitative estimate of drug-likeness (QED) is 0.467. The monoisotopic (exact) mass is 350 g/mol. The van der Waals surface area contributed by atoms with Gasteiger partial charge in [-0.05, 0) is 44.9 Å². The smallest absolute Gasteiger partial charge is 0.310 e. The fourth-order valence-corrected chi connectivity index (χ4v) is 1.90. The summed E-state index contributed by atoms with van der Waals surface area (Å²) in [6.45, 7) is 0. The minimum atomic E-state index is 0.0301. The average molecular weight is 350 g/mol. The SMILES string of the molecule is c1ccc(Oc2nonc2N=Nc2nonc2Oc2ccccc2)cc1. The second kappa shape index (κ2) is 7.21. The van der Waals surface area contributed by atoms with Crippen LogP contribution in [0.3, 0.4) is 0 Å². The third kappa shape index (κ3) is 3.53.